The SMILES string of the molecule is CC(C)C(=O)Nc1ccc(C(=O)COC(=O)C2CC=CCC2)cc1. The quantitative estimate of drug-likeness (QED) is 0.493. The number of allylic oxidation sites excluding steroid dienone is 2. The van der Waals surface area contributed by atoms with Crippen LogP contribution in [0.25, 0.3) is 0 Å². The maximum absolute atomic E-state index is 12.1. The summed E-state index contributed by atoms with van der Waals surface area (Å²) in [6.45, 7) is 3.37. The zero-order chi connectivity index (χ0) is 17.5. The fourth-order valence-electron chi connectivity index (χ4n) is 2.37. The molecule has 24 heavy (non-hydrogen) atoms. The second-order valence-electron chi connectivity index (χ2n) is 6.23. The predicted molar refractivity (Wildman–Crippen MR) is 91.7 cm³/mol. The first-order valence-corrected chi connectivity index (χ1v) is 8.23. The molecule has 1 amide bonds. The van der Waals surface area contributed by atoms with E-state index in [-0.39, 0.29) is 36.1 Å². The summed E-state index contributed by atoms with van der Waals surface area (Å²) in [5.41, 5.74) is 1.09. The van der Waals surface area contributed by atoms with Gasteiger partial charge in [0.05, 0.1) is 5.92 Å². The minimum absolute atomic E-state index is 0.0791. The van der Waals surface area contributed by atoms with Crippen LogP contribution in [-0.2, 0) is 14.3 Å². The van der Waals surface area contributed by atoms with Crippen molar-refractivity contribution in [2.75, 3.05) is 11.9 Å². The lowest BCUT2D eigenvalue weighted by molar-refractivity contribution is -0.147. The van der Waals surface area contributed by atoms with Gasteiger partial charge >= 0.3 is 5.97 Å². The standard InChI is InChI=1S/C19H23NO4/c1-13(2)18(22)20-16-10-8-14(9-11-16)17(21)12-24-19(23)15-6-4-3-5-7-15/h3-4,8-11,13,15H,5-7,12H2,1-2H3,(H,20,22). The van der Waals surface area contributed by atoms with E-state index >= 15 is 0 Å². The van der Waals surface area contributed by atoms with E-state index in [0.29, 0.717) is 17.7 Å². The molecule has 1 aliphatic rings. The van der Waals surface area contributed by atoms with Crippen molar-refractivity contribution in [1.29, 1.82) is 0 Å². The maximum Gasteiger partial charge on any atom is 0.309 e. The van der Waals surface area contributed by atoms with Crippen LogP contribution in [0.1, 0.15) is 43.5 Å². The van der Waals surface area contributed by atoms with Gasteiger partial charge in [0.15, 0.2) is 12.4 Å². The number of nitrogens with one attached hydrogen (secondary N) is 1. The lowest BCUT2D eigenvalue weighted by Gasteiger charge is -2.16. The van der Waals surface area contributed by atoms with Gasteiger partial charge in [-0.1, -0.05) is 26.0 Å². The number of ketones is 1. The Morgan fingerprint density at radius 3 is 2.46 bits per heavy atom. The van der Waals surface area contributed by atoms with Crippen molar-refractivity contribution >= 4 is 23.3 Å². The third-order valence-electron chi connectivity index (χ3n) is 3.95. The lowest BCUT2D eigenvalue weighted by Crippen LogP contribution is -2.22. The zero-order valence-corrected chi connectivity index (χ0v) is 14.1. The molecule has 0 fully saturated rings. The fourth-order valence-corrected chi connectivity index (χ4v) is 2.37. The molecule has 1 atom stereocenters. The number of hydrogen-bond acceptors (Lipinski definition) is 4. The summed E-state index contributed by atoms with van der Waals surface area (Å²) in [6, 6.07) is 6.58. The van der Waals surface area contributed by atoms with Crippen molar-refractivity contribution in [3.8, 4) is 0 Å². The molecule has 1 aromatic carbocycles. The molecule has 0 saturated carbocycles. The Hall–Kier alpha value is -2.43. The molecule has 1 aliphatic carbocycles. The van der Waals surface area contributed by atoms with Gasteiger partial charge in [-0.05, 0) is 43.5 Å². The van der Waals surface area contributed by atoms with Crippen molar-refractivity contribution in [2.24, 2.45) is 11.8 Å². The fraction of sp³-hybridized carbons (Fsp3) is 0.421. The first kappa shape index (κ1) is 17.9. The Balaban J connectivity index is 1.85. The van der Waals surface area contributed by atoms with Crippen molar-refractivity contribution in [2.45, 2.75) is 33.1 Å². The van der Waals surface area contributed by atoms with E-state index in [1.165, 1.54) is 0 Å². The molecule has 128 valence electrons. The number of ether oxygens (including phenoxy) is 1. The van der Waals surface area contributed by atoms with Gasteiger partial charge in [0.2, 0.25) is 5.91 Å². The van der Waals surface area contributed by atoms with E-state index in [2.05, 4.69) is 11.4 Å². The number of rotatable bonds is 6. The van der Waals surface area contributed by atoms with Crippen LogP contribution < -0.4 is 5.32 Å². The second kappa shape index (κ2) is 8.43. The summed E-state index contributed by atoms with van der Waals surface area (Å²) in [5, 5.41) is 2.76. The Morgan fingerprint density at radius 1 is 1.17 bits per heavy atom. The number of carbonyl (C=O) groups excluding carboxylic acids is 3. The van der Waals surface area contributed by atoms with Crippen LogP contribution in [0.3, 0.4) is 0 Å². The van der Waals surface area contributed by atoms with E-state index in [9.17, 15) is 14.4 Å². The van der Waals surface area contributed by atoms with E-state index in [0.717, 1.165) is 12.8 Å². The zero-order valence-electron chi connectivity index (χ0n) is 14.1. The average molecular weight is 329 g/mol. The van der Waals surface area contributed by atoms with Crippen LogP contribution in [0.4, 0.5) is 5.69 Å². The summed E-state index contributed by atoms with van der Waals surface area (Å²) < 4.78 is 5.13. The summed E-state index contributed by atoms with van der Waals surface area (Å²) in [4.78, 5) is 35.6. The average Bonchev–Trinajstić information content (AvgIpc) is 2.60. The number of amides is 1. The molecular weight excluding hydrogens is 306 g/mol. The van der Waals surface area contributed by atoms with Gasteiger partial charge in [-0.25, -0.2) is 0 Å². The molecule has 0 radical (unpaired) electrons. The molecule has 0 saturated heterocycles. The summed E-state index contributed by atoms with van der Waals surface area (Å²) >= 11 is 0. The van der Waals surface area contributed by atoms with Crippen LogP contribution in [0.15, 0.2) is 36.4 Å². The molecule has 0 heterocycles. The molecule has 0 aliphatic heterocycles. The second-order valence-corrected chi connectivity index (χ2v) is 6.23. The highest BCUT2D eigenvalue weighted by Crippen LogP contribution is 2.19. The van der Waals surface area contributed by atoms with Gasteiger partial charge in [-0.15, -0.1) is 0 Å². The van der Waals surface area contributed by atoms with E-state index in [1.807, 2.05) is 19.9 Å². The van der Waals surface area contributed by atoms with E-state index in [1.54, 1.807) is 24.3 Å². The molecule has 5 nitrogen and oxygen atoms in total. The van der Waals surface area contributed by atoms with Crippen LogP contribution >= 0.6 is 0 Å². The number of benzene rings is 1. The summed E-state index contributed by atoms with van der Waals surface area (Å²) in [5.74, 6) is -0.897. The Morgan fingerprint density at radius 2 is 1.88 bits per heavy atom. The highest BCUT2D eigenvalue weighted by atomic mass is 16.5. The van der Waals surface area contributed by atoms with Gasteiger partial charge in [0.1, 0.15) is 0 Å². The number of esters is 1. The minimum Gasteiger partial charge on any atom is -0.457 e. The molecule has 1 aromatic rings. The van der Waals surface area contributed by atoms with Gasteiger partial charge in [-0.3, -0.25) is 14.4 Å². The molecule has 2 rings (SSSR count). The number of Topliss-reactive ketones (excluding diaryl/α,β-unsaturated/α-hetero) is 1. The third kappa shape index (κ3) is 5.05. The number of hydrogen-bond donors (Lipinski definition) is 1. The van der Waals surface area contributed by atoms with Gasteiger partial charge in [0.25, 0.3) is 0 Å². The molecule has 0 bridgehead atoms. The Kier molecular flexibility index (Phi) is 6.29. The number of anilines is 1. The number of carbonyl (C=O) groups is 3. The van der Waals surface area contributed by atoms with Gasteiger partial charge in [-0.2, -0.15) is 0 Å². The molecule has 1 unspecified atom stereocenters. The monoisotopic (exact) mass is 329 g/mol. The largest absolute Gasteiger partial charge is 0.457 e. The first-order valence-electron chi connectivity index (χ1n) is 8.23. The molecule has 0 aromatic heterocycles. The highest BCUT2D eigenvalue weighted by Gasteiger charge is 2.21. The van der Waals surface area contributed by atoms with Crippen LogP contribution in [0, 0.1) is 11.8 Å². The van der Waals surface area contributed by atoms with Crippen LogP contribution in [-0.4, -0.2) is 24.3 Å². The normalized spacial score (nSPS) is 16.7. The predicted octanol–water partition coefficient (Wildman–Crippen LogP) is 3.36. The minimum atomic E-state index is -0.312. The molecule has 5 heteroatoms. The smallest absolute Gasteiger partial charge is 0.309 e. The van der Waals surface area contributed by atoms with Crippen molar-refractivity contribution < 1.29 is 19.1 Å². The van der Waals surface area contributed by atoms with Crippen molar-refractivity contribution in [3.63, 3.8) is 0 Å². The highest BCUT2D eigenvalue weighted by molar-refractivity contribution is 5.99. The molecule has 0 spiro atoms. The molecule has 1 N–H and O–H groups in total. The van der Waals surface area contributed by atoms with E-state index in [4.69, 9.17) is 4.74 Å². The van der Waals surface area contributed by atoms with Crippen LogP contribution in [0.5, 0.6) is 0 Å². The van der Waals surface area contributed by atoms with Crippen molar-refractivity contribution in [3.05, 3.63) is 42.0 Å². The van der Waals surface area contributed by atoms with E-state index < -0.39 is 0 Å². The Labute approximate surface area is 142 Å². The van der Waals surface area contributed by atoms with Crippen LogP contribution in [0.2, 0.25) is 0 Å². The third-order valence-corrected chi connectivity index (χ3v) is 3.95. The lowest BCUT2D eigenvalue weighted by atomic mass is 9.95. The van der Waals surface area contributed by atoms with Crippen molar-refractivity contribution in [1.82, 2.24) is 0 Å². The summed E-state index contributed by atoms with van der Waals surface area (Å²) in [7, 11) is 0. The topological polar surface area (TPSA) is 72.5 Å². The maximum atomic E-state index is 12.1. The van der Waals surface area contributed by atoms with Gasteiger partial charge < -0.3 is 10.1 Å². The summed E-state index contributed by atoms with van der Waals surface area (Å²) in [6.07, 6.45) is 6.35. The Bertz CT molecular complexity index is 631. The molecular formula is C19H23NO4. The van der Waals surface area contributed by atoms with Gasteiger partial charge in [0, 0.05) is 17.2 Å². The first-order chi connectivity index (χ1) is 11.5.